The molecule has 0 N–H and O–H groups in total. The van der Waals surface area contributed by atoms with Crippen LogP contribution in [0.15, 0.2) is 109 Å². The Hall–Kier alpha value is -6.27. The number of hydrogen-bond donors (Lipinski definition) is 0. The molecule has 0 atom stereocenters. The first-order chi connectivity index (χ1) is 29.8. The van der Waals surface area contributed by atoms with Crippen molar-refractivity contribution in [3.05, 3.63) is 160 Å². The molecule has 0 aliphatic carbocycles. The summed E-state index contributed by atoms with van der Waals surface area (Å²) in [6.07, 6.45) is 0. The quantitative estimate of drug-likeness (QED) is 0.136. The van der Waals surface area contributed by atoms with Crippen LogP contribution in [0.25, 0.3) is 66.1 Å². The van der Waals surface area contributed by atoms with E-state index >= 15 is 0 Å². The Morgan fingerprint density at radius 2 is 0.794 bits per heavy atom. The molecule has 0 fully saturated rings. The van der Waals surface area contributed by atoms with Crippen molar-refractivity contribution in [3.8, 4) is 33.8 Å². The molecule has 6 nitrogen and oxygen atoms in total. The molecule has 318 valence electrons. The van der Waals surface area contributed by atoms with E-state index in [1.54, 1.807) is 0 Å². The van der Waals surface area contributed by atoms with E-state index < -0.39 is 0 Å². The van der Waals surface area contributed by atoms with Crippen molar-refractivity contribution < 1.29 is 13.7 Å². The van der Waals surface area contributed by atoms with E-state index in [4.69, 9.17) is 0 Å². The maximum Gasteiger partial charge on any atom is 0.254 e. The number of benzene rings is 6. The molecule has 0 radical (unpaired) electrons. The van der Waals surface area contributed by atoms with Crippen LogP contribution < -0.4 is 13.7 Å². The maximum atomic E-state index is 2.50. The zero-order valence-corrected chi connectivity index (χ0v) is 40.1. The van der Waals surface area contributed by atoms with Gasteiger partial charge in [-0.1, -0.05) is 91.0 Å². The lowest BCUT2D eigenvalue weighted by Crippen LogP contribution is -2.52. The van der Waals surface area contributed by atoms with Crippen LogP contribution >= 0.6 is 0 Å². The van der Waals surface area contributed by atoms with Crippen LogP contribution in [0.2, 0.25) is 0 Å². The molecule has 0 spiro atoms. The van der Waals surface area contributed by atoms with Crippen LogP contribution in [-0.2, 0) is 37.8 Å². The first-order valence-electron chi connectivity index (χ1n) is 22.7. The summed E-state index contributed by atoms with van der Waals surface area (Å²) in [7, 11) is 6.48. The molecule has 0 bridgehead atoms. The molecular formula is C57H63N6+3. The van der Waals surface area contributed by atoms with Gasteiger partial charge in [0.05, 0.1) is 21.1 Å². The van der Waals surface area contributed by atoms with Crippen LogP contribution in [0.5, 0.6) is 0 Å². The average molecular weight is 832 g/mol. The Balaban J connectivity index is 0.000000112. The smallest absolute Gasteiger partial charge is 0.234 e. The lowest BCUT2D eigenvalue weighted by molar-refractivity contribution is -0.737. The number of nitrogens with zero attached hydrogens (tertiary/aromatic N) is 6. The van der Waals surface area contributed by atoms with Crippen LogP contribution in [0, 0.1) is 41.5 Å². The van der Waals surface area contributed by atoms with Crippen molar-refractivity contribution in [2.24, 2.45) is 21.1 Å². The second-order valence-corrected chi connectivity index (χ2v) is 20.0. The molecule has 6 aromatic carbocycles. The monoisotopic (exact) mass is 832 g/mol. The first-order valence-corrected chi connectivity index (χ1v) is 22.7. The second kappa shape index (κ2) is 13.6. The number of imidazole rings is 3. The van der Waals surface area contributed by atoms with Gasteiger partial charge in [-0.05, 0) is 92.1 Å². The standard InChI is InChI=1S/3C19H21N2/c1-12-18-16-10-14-8-6-7-9-15(14)11-17(16)19(3,4)21(18)13(2)20(12)5;1-12-18-17-15-9-7-6-8-14(15)10-11-16(17)19(3,4)21(18)13(2)20(12)5;1-12-18-16-11-10-14-8-6-7-9-15(14)17(16)19(3,4)21(18)13(2)20(12)5/h3*6-11H,1-5H3/q3*+1. The van der Waals surface area contributed by atoms with Crippen molar-refractivity contribution in [2.45, 2.75) is 99.7 Å². The van der Waals surface area contributed by atoms with Gasteiger partial charge in [-0.2, -0.15) is 0 Å². The molecule has 6 heterocycles. The molecule has 6 heteroatoms. The second-order valence-electron chi connectivity index (χ2n) is 20.0. The van der Waals surface area contributed by atoms with E-state index in [2.05, 4.69) is 241 Å². The van der Waals surface area contributed by atoms with E-state index in [1.165, 1.54) is 117 Å². The number of aromatic nitrogens is 6. The predicted octanol–water partition coefficient (Wildman–Crippen LogP) is 11.5. The van der Waals surface area contributed by atoms with Gasteiger partial charge >= 0.3 is 0 Å². The molecule has 63 heavy (non-hydrogen) atoms. The Morgan fingerprint density at radius 3 is 1.38 bits per heavy atom. The highest BCUT2D eigenvalue weighted by Gasteiger charge is 2.48. The molecule has 3 aliphatic rings. The molecule has 0 saturated heterocycles. The van der Waals surface area contributed by atoms with Gasteiger partial charge in [0.25, 0.3) is 17.5 Å². The average Bonchev–Trinajstić information content (AvgIpc) is 3.98. The lowest BCUT2D eigenvalue weighted by Gasteiger charge is -2.20. The fraction of sp³-hybridized carbons (Fsp3) is 0.316. The van der Waals surface area contributed by atoms with Gasteiger partial charge in [0.2, 0.25) is 0 Å². The molecular weight excluding hydrogens is 769 g/mol. The van der Waals surface area contributed by atoms with Gasteiger partial charge in [0.15, 0.2) is 17.1 Å². The Bertz CT molecular complexity index is 3380. The van der Waals surface area contributed by atoms with Crippen LogP contribution in [0.4, 0.5) is 0 Å². The summed E-state index contributed by atoms with van der Waals surface area (Å²) in [6, 6.07) is 39.9. The summed E-state index contributed by atoms with van der Waals surface area (Å²) in [5.74, 6) is 3.94. The Labute approximate surface area is 373 Å². The Morgan fingerprint density at radius 1 is 0.381 bits per heavy atom. The largest absolute Gasteiger partial charge is 0.254 e. The van der Waals surface area contributed by atoms with Gasteiger partial charge in [-0.15, -0.1) is 0 Å². The van der Waals surface area contributed by atoms with Gasteiger partial charge in [0, 0.05) is 74.9 Å². The maximum absolute atomic E-state index is 2.50. The minimum absolute atomic E-state index is 0.00476. The van der Waals surface area contributed by atoms with Gasteiger partial charge in [-0.3, -0.25) is 0 Å². The summed E-state index contributed by atoms with van der Waals surface area (Å²) in [4.78, 5) is 0. The van der Waals surface area contributed by atoms with Crippen molar-refractivity contribution >= 4 is 32.3 Å². The third-order valence-electron chi connectivity index (χ3n) is 15.7. The number of fused-ring (bicyclic) bond motifs is 14. The fourth-order valence-electron chi connectivity index (χ4n) is 12.1. The van der Waals surface area contributed by atoms with Gasteiger partial charge in [-0.25, -0.2) is 27.4 Å². The van der Waals surface area contributed by atoms with Crippen molar-refractivity contribution in [1.82, 2.24) is 13.7 Å². The topological polar surface area (TPSA) is 26.4 Å². The molecule has 12 rings (SSSR count). The van der Waals surface area contributed by atoms with Gasteiger partial charge in [0.1, 0.15) is 33.7 Å². The van der Waals surface area contributed by atoms with Crippen molar-refractivity contribution in [3.63, 3.8) is 0 Å². The van der Waals surface area contributed by atoms with Crippen molar-refractivity contribution in [2.75, 3.05) is 0 Å². The van der Waals surface area contributed by atoms with E-state index in [1.807, 2.05) is 0 Å². The van der Waals surface area contributed by atoms with Gasteiger partial charge < -0.3 is 0 Å². The lowest BCUT2D eigenvalue weighted by atomic mass is 9.88. The minimum Gasteiger partial charge on any atom is -0.234 e. The summed E-state index contributed by atoms with van der Waals surface area (Å²) < 4.78 is 14.4. The van der Waals surface area contributed by atoms with E-state index in [-0.39, 0.29) is 16.6 Å². The molecule has 3 aromatic heterocycles. The minimum atomic E-state index is -0.0123. The normalized spacial score (nSPS) is 15.3. The first kappa shape index (κ1) is 40.8. The zero-order chi connectivity index (χ0) is 44.8. The van der Waals surface area contributed by atoms with E-state index in [9.17, 15) is 0 Å². The van der Waals surface area contributed by atoms with E-state index in [0.29, 0.717) is 0 Å². The van der Waals surface area contributed by atoms with E-state index in [0.717, 1.165) is 0 Å². The van der Waals surface area contributed by atoms with Crippen LogP contribution in [0.3, 0.4) is 0 Å². The molecule has 9 aromatic rings. The summed E-state index contributed by atoms with van der Waals surface area (Å²) in [6.45, 7) is 27.3. The van der Waals surface area contributed by atoms with Crippen LogP contribution in [0.1, 0.15) is 92.8 Å². The summed E-state index contributed by atoms with van der Waals surface area (Å²) in [5.41, 5.74) is 16.7. The molecule has 0 unspecified atom stereocenters. The molecule has 0 saturated carbocycles. The fourth-order valence-corrected chi connectivity index (χ4v) is 12.1. The molecule has 3 aliphatic heterocycles. The highest BCUT2D eigenvalue weighted by atomic mass is 15.2. The summed E-state index contributed by atoms with van der Waals surface area (Å²) >= 11 is 0. The Kier molecular flexibility index (Phi) is 8.81. The highest BCUT2D eigenvalue weighted by Crippen LogP contribution is 2.46. The van der Waals surface area contributed by atoms with Crippen molar-refractivity contribution in [1.29, 1.82) is 0 Å². The number of rotatable bonds is 0. The highest BCUT2D eigenvalue weighted by molar-refractivity contribution is 5.99. The predicted molar refractivity (Wildman–Crippen MR) is 259 cm³/mol. The number of hydrogen-bond acceptors (Lipinski definition) is 0. The third-order valence-corrected chi connectivity index (χ3v) is 15.7. The SMILES string of the molecule is Cc1c2[n+](c(C)n1C)C(C)(C)c1c-2ccc2ccccc12.Cc1c2[n+](c(C)n1C)C(C)(C)c1cc3ccccc3cc1-2.Cc1c2[n+](c(C)n1C)C(C)(C)c1ccc3ccccc3c1-2. The zero-order valence-electron chi connectivity index (χ0n) is 40.1. The summed E-state index contributed by atoms with van der Waals surface area (Å²) in [5, 5.41) is 8.04. The third kappa shape index (κ3) is 5.39. The van der Waals surface area contributed by atoms with Crippen LogP contribution in [-0.4, -0.2) is 13.7 Å². The molecule has 0 amide bonds.